The van der Waals surface area contributed by atoms with Gasteiger partial charge < -0.3 is 15.4 Å². The lowest BCUT2D eigenvalue weighted by molar-refractivity contribution is -0.122. The van der Waals surface area contributed by atoms with Crippen LogP contribution in [-0.4, -0.2) is 32.1 Å². The van der Waals surface area contributed by atoms with Gasteiger partial charge in [0, 0.05) is 25.6 Å². The number of carbonyl (C=O) groups excluding carboxylic acids is 1. The molecule has 4 nitrogen and oxygen atoms in total. The molecule has 0 bridgehead atoms. The van der Waals surface area contributed by atoms with Crippen molar-refractivity contribution in [1.29, 1.82) is 0 Å². The van der Waals surface area contributed by atoms with E-state index in [9.17, 15) is 4.79 Å². The van der Waals surface area contributed by atoms with Crippen molar-refractivity contribution in [1.82, 2.24) is 10.6 Å². The van der Waals surface area contributed by atoms with Gasteiger partial charge in [0.2, 0.25) is 5.91 Å². The highest BCUT2D eigenvalue weighted by Crippen LogP contribution is 2.28. The molecule has 1 amide bonds. The Kier molecular flexibility index (Phi) is 5.02. The molecule has 0 atom stereocenters. The van der Waals surface area contributed by atoms with Crippen molar-refractivity contribution < 1.29 is 9.53 Å². The minimum atomic E-state index is 0.206. The maximum absolute atomic E-state index is 11.3. The number of benzene rings is 1. The summed E-state index contributed by atoms with van der Waals surface area (Å²) in [6, 6.07) is 9.76. The molecule has 2 rings (SSSR count). The molecule has 1 aliphatic carbocycles. The third-order valence-corrected chi connectivity index (χ3v) is 2.84. The zero-order valence-corrected chi connectivity index (χ0v) is 10.5. The highest BCUT2D eigenvalue weighted by atomic mass is 16.5. The molecule has 2 N–H and O–H groups in total. The van der Waals surface area contributed by atoms with Crippen LogP contribution in [0.5, 0.6) is 5.75 Å². The number of amides is 1. The molecule has 1 aromatic rings. The fourth-order valence-electron chi connectivity index (χ4n) is 1.65. The van der Waals surface area contributed by atoms with Crippen molar-refractivity contribution in [3.63, 3.8) is 0 Å². The molecule has 4 heteroatoms. The lowest BCUT2D eigenvalue weighted by atomic mass is 10.3. The molecule has 1 aliphatic rings. The number of hydrogen-bond donors (Lipinski definition) is 2. The van der Waals surface area contributed by atoms with Crippen LogP contribution in [0.3, 0.4) is 0 Å². The van der Waals surface area contributed by atoms with E-state index < -0.39 is 0 Å². The minimum Gasteiger partial charge on any atom is -0.492 e. The average molecular weight is 248 g/mol. The summed E-state index contributed by atoms with van der Waals surface area (Å²) in [6.45, 7) is 2.91. The second-order valence-electron chi connectivity index (χ2n) is 4.48. The molecule has 0 aliphatic heterocycles. The topological polar surface area (TPSA) is 50.4 Å². The fourth-order valence-corrected chi connectivity index (χ4v) is 1.65. The predicted octanol–water partition coefficient (Wildman–Crippen LogP) is 1.18. The van der Waals surface area contributed by atoms with E-state index in [0.717, 1.165) is 31.7 Å². The van der Waals surface area contributed by atoms with Crippen LogP contribution in [0.4, 0.5) is 0 Å². The first-order chi connectivity index (χ1) is 8.86. The van der Waals surface area contributed by atoms with Crippen LogP contribution in [-0.2, 0) is 4.79 Å². The number of rotatable bonds is 8. The SMILES string of the molecule is O=C(NCCNCCOc1ccccc1)C1CC1. The summed E-state index contributed by atoms with van der Waals surface area (Å²) in [5, 5.41) is 6.14. The highest BCUT2D eigenvalue weighted by Gasteiger charge is 2.28. The van der Waals surface area contributed by atoms with E-state index in [1.165, 1.54) is 0 Å². The molecule has 0 saturated heterocycles. The Morgan fingerprint density at radius 3 is 2.67 bits per heavy atom. The molecule has 98 valence electrons. The third-order valence-electron chi connectivity index (χ3n) is 2.84. The highest BCUT2D eigenvalue weighted by molar-refractivity contribution is 5.80. The van der Waals surface area contributed by atoms with Crippen LogP contribution >= 0.6 is 0 Å². The van der Waals surface area contributed by atoms with Crippen LogP contribution in [0.1, 0.15) is 12.8 Å². The Morgan fingerprint density at radius 1 is 1.17 bits per heavy atom. The van der Waals surface area contributed by atoms with Crippen molar-refractivity contribution in [2.45, 2.75) is 12.8 Å². The molecule has 1 saturated carbocycles. The first-order valence-corrected chi connectivity index (χ1v) is 6.52. The summed E-state index contributed by atoms with van der Waals surface area (Å²) in [5.74, 6) is 1.39. The Balaban J connectivity index is 1.43. The van der Waals surface area contributed by atoms with E-state index in [4.69, 9.17) is 4.74 Å². The van der Waals surface area contributed by atoms with E-state index in [2.05, 4.69) is 10.6 Å². The van der Waals surface area contributed by atoms with Crippen LogP contribution in [0.15, 0.2) is 30.3 Å². The van der Waals surface area contributed by atoms with Gasteiger partial charge in [-0.1, -0.05) is 18.2 Å². The maximum atomic E-state index is 11.3. The van der Waals surface area contributed by atoms with Crippen LogP contribution in [0.2, 0.25) is 0 Å². The van der Waals surface area contributed by atoms with E-state index in [1.807, 2.05) is 30.3 Å². The summed E-state index contributed by atoms with van der Waals surface area (Å²) < 4.78 is 5.53. The molecule has 1 fully saturated rings. The molecule has 18 heavy (non-hydrogen) atoms. The second-order valence-corrected chi connectivity index (χ2v) is 4.48. The Morgan fingerprint density at radius 2 is 1.94 bits per heavy atom. The second kappa shape index (κ2) is 7.01. The number of hydrogen-bond acceptors (Lipinski definition) is 3. The molecule has 0 spiro atoms. The Bertz CT molecular complexity index is 363. The lowest BCUT2D eigenvalue weighted by Crippen LogP contribution is -2.34. The molecule has 0 unspecified atom stereocenters. The predicted molar refractivity (Wildman–Crippen MR) is 70.5 cm³/mol. The van der Waals surface area contributed by atoms with Crippen LogP contribution in [0.25, 0.3) is 0 Å². The molecule has 0 heterocycles. The minimum absolute atomic E-state index is 0.206. The largest absolute Gasteiger partial charge is 0.492 e. The lowest BCUT2D eigenvalue weighted by Gasteiger charge is -2.08. The molecule has 0 radical (unpaired) electrons. The van der Waals surface area contributed by atoms with Crippen LogP contribution < -0.4 is 15.4 Å². The number of ether oxygens (including phenoxy) is 1. The molecular weight excluding hydrogens is 228 g/mol. The van der Waals surface area contributed by atoms with E-state index in [-0.39, 0.29) is 5.91 Å². The average Bonchev–Trinajstić information content (AvgIpc) is 3.23. The van der Waals surface area contributed by atoms with Gasteiger partial charge in [0.25, 0.3) is 0 Å². The van der Waals surface area contributed by atoms with Crippen molar-refractivity contribution in [2.24, 2.45) is 5.92 Å². The maximum Gasteiger partial charge on any atom is 0.223 e. The number of para-hydroxylation sites is 1. The smallest absolute Gasteiger partial charge is 0.223 e. The monoisotopic (exact) mass is 248 g/mol. The molecular formula is C14H20N2O2. The van der Waals surface area contributed by atoms with Gasteiger partial charge in [0.1, 0.15) is 12.4 Å². The van der Waals surface area contributed by atoms with E-state index >= 15 is 0 Å². The van der Waals surface area contributed by atoms with Gasteiger partial charge in [-0.2, -0.15) is 0 Å². The fraction of sp³-hybridized carbons (Fsp3) is 0.500. The molecule has 1 aromatic carbocycles. The van der Waals surface area contributed by atoms with Crippen molar-refractivity contribution >= 4 is 5.91 Å². The van der Waals surface area contributed by atoms with Gasteiger partial charge in [-0.25, -0.2) is 0 Å². The normalized spacial score (nSPS) is 14.2. The van der Waals surface area contributed by atoms with E-state index in [1.54, 1.807) is 0 Å². The van der Waals surface area contributed by atoms with Gasteiger partial charge in [-0.15, -0.1) is 0 Å². The first-order valence-electron chi connectivity index (χ1n) is 6.52. The van der Waals surface area contributed by atoms with Crippen LogP contribution in [0, 0.1) is 5.92 Å². The van der Waals surface area contributed by atoms with Crippen molar-refractivity contribution in [3.8, 4) is 5.75 Å². The summed E-state index contributed by atoms with van der Waals surface area (Å²) >= 11 is 0. The quantitative estimate of drug-likeness (QED) is 0.679. The zero-order chi connectivity index (χ0) is 12.6. The zero-order valence-electron chi connectivity index (χ0n) is 10.5. The summed E-state index contributed by atoms with van der Waals surface area (Å²) in [5.41, 5.74) is 0. The summed E-state index contributed by atoms with van der Waals surface area (Å²) in [4.78, 5) is 11.3. The Hall–Kier alpha value is -1.55. The van der Waals surface area contributed by atoms with Gasteiger partial charge >= 0.3 is 0 Å². The Labute approximate surface area is 108 Å². The molecule has 0 aromatic heterocycles. The number of carbonyl (C=O) groups is 1. The summed E-state index contributed by atoms with van der Waals surface area (Å²) in [7, 11) is 0. The van der Waals surface area contributed by atoms with Gasteiger partial charge in [-0.05, 0) is 25.0 Å². The van der Waals surface area contributed by atoms with Gasteiger partial charge in [-0.3, -0.25) is 4.79 Å². The van der Waals surface area contributed by atoms with Gasteiger partial charge in [0.15, 0.2) is 0 Å². The van der Waals surface area contributed by atoms with Gasteiger partial charge in [0.05, 0.1) is 0 Å². The number of nitrogens with one attached hydrogen (secondary N) is 2. The summed E-state index contributed by atoms with van der Waals surface area (Å²) in [6.07, 6.45) is 2.12. The van der Waals surface area contributed by atoms with Crippen molar-refractivity contribution in [2.75, 3.05) is 26.2 Å². The first kappa shape index (κ1) is 12.9. The van der Waals surface area contributed by atoms with Crippen molar-refractivity contribution in [3.05, 3.63) is 30.3 Å². The standard InChI is InChI=1S/C14H20N2O2/c17-14(12-6-7-12)16-9-8-15-10-11-18-13-4-2-1-3-5-13/h1-5,12,15H,6-11H2,(H,16,17). The van der Waals surface area contributed by atoms with E-state index in [0.29, 0.717) is 19.1 Å². The third kappa shape index (κ3) is 4.75.